The van der Waals surface area contributed by atoms with Gasteiger partial charge in [-0.2, -0.15) is 0 Å². The first-order chi connectivity index (χ1) is 9.76. The van der Waals surface area contributed by atoms with E-state index in [0.29, 0.717) is 5.91 Å². The number of carbonyl (C=O) groups excluding carboxylic acids is 1. The molecule has 0 spiro atoms. The van der Waals surface area contributed by atoms with Crippen molar-refractivity contribution in [1.82, 2.24) is 9.88 Å². The molecule has 1 aromatic carbocycles. The Bertz CT molecular complexity index is 625. The van der Waals surface area contributed by atoms with Gasteiger partial charge >= 0.3 is 0 Å². The van der Waals surface area contributed by atoms with Crippen LogP contribution in [-0.4, -0.2) is 28.9 Å². The number of fused-ring (bicyclic) bond motifs is 3. The third-order valence-corrected chi connectivity index (χ3v) is 4.47. The highest BCUT2D eigenvalue weighted by atomic mass is 16.2. The molecule has 1 aliphatic rings. The Morgan fingerprint density at radius 2 is 2.05 bits per heavy atom. The summed E-state index contributed by atoms with van der Waals surface area (Å²) < 4.78 is 0. The Morgan fingerprint density at radius 3 is 2.80 bits per heavy atom. The van der Waals surface area contributed by atoms with E-state index >= 15 is 0 Å². The van der Waals surface area contributed by atoms with Crippen molar-refractivity contribution >= 4 is 16.8 Å². The Balaban J connectivity index is 2.07. The fourth-order valence-electron chi connectivity index (χ4n) is 3.44. The fraction of sp³-hybridized carbons (Fsp3) is 0.471. The molecule has 2 aromatic rings. The number of rotatable bonds is 3. The van der Waals surface area contributed by atoms with Crippen LogP contribution in [0.1, 0.15) is 43.9 Å². The second-order valence-electron chi connectivity index (χ2n) is 5.52. The lowest BCUT2D eigenvalue weighted by Crippen LogP contribution is -2.36. The third kappa shape index (κ3) is 2.01. The van der Waals surface area contributed by atoms with Crippen molar-refractivity contribution in [3.8, 4) is 0 Å². The number of aryl methyl sites for hydroxylation is 1. The van der Waals surface area contributed by atoms with Gasteiger partial charge in [-0.25, -0.2) is 0 Å². The number of nitrogens with one attached hydrogen (secondary N) is 1. The summed E-state index contributed by atoms with van der Waals surface area (Å²) in [5.74, 6) is 0.329. The van der Waals surface area contributed by atoms with Crippen molar-refractivity contribution < 1.29 is 4.79 Å². The highest BCUT2D eigenvalue weighted by Gasteiger charge is 2.31. The highest BCUT2D eigenvalue weighted by molar-refractivity contribution is 5.93. The van der Waals surface area contributed by atoms with E-state index in [-0.39, 0.29) is 5.92 Å². The molecule has 0 fully saturated rings. The number of likely N-dealkylation sites (N-methyl/N-ethyl adjacent to an activating group) is 1. The van der Waals surface area contributed by atoms with E-state index in [0.717, 1.165) is 37.9 Å². The molecule has 1 atom stereocenters. The SMILES string of the molecule is CCN(CC)C(=O)C1CCCc2[nH]c3ccccc3c21. The summed E-state index contributed by atoms with van der Waals surface area (Å²) in [4.78, 5) is 18.2. The minimum absolute atomic E-state index is 0.0369. The molecule has 0 saturated heterocycles. The number of nitrogens with zero attached hydrogens (tertiary/aromatic N) is 1. The zero-order chi connectivity index (χ0) is 14.1. The number of carbonyl (C=O) groups is 1. The normalized spacial score (nSPS) is 18.0. The van der Waals surface area contributed by atoms with Gasteiger partial charge in [0, 0.05) is 29.7 Å². The zero-order valence-corrected chi connectivity index (χ0v) is 12.3. The minimum atomic E-state index is 0.0369. The zero-order valence-electron chi connectivity index (χ0n) is 12.3. The molecular weight excluding hydrogens is 248 g/mol. The summed E-state index contributed by atoms with van der Waals surface area (Å²) in [5, 5.41) is 1.23. The molecule has 0 aliphatic heterocycles. The molecule has 106 valence electrons. The van der Waals surface area contributed by atoms with Crippen molar-refractivity contribution in [1.29, 1.82) is 0 Å². The summed E-state index contributed by atoms with van der Waals surface area (Å²) >= 11 is 0. The molecular formula is C17H22N2O. The number of hydrogen-bond donors (Lipinski definition) is 1. The lowest BCUT2D eigenvalue weighted by Gasteiger charge is -2.28. The number of para-hydroxylation sites is 1. The van der Waals surface area contributed by atoms with Crippen LogP contribution in [0.2, 0.25) is 0 Å². The predicted molar refractivity (Wildman–Crippen MR) is 81.9 cm³/mol. The molecule has 0 radical (unpaired) electrons. The first-order valence-electron chi connectivity index (χ1n) is 7.64. The summed E-state index contributed by atoms with van der Waals surface area (Å²) in [6, 6.07) is 8.35. The van der Waals surface area contributed by atoms with Gasteiger partial charge in [-0.15, -0.1) is 0 Å². The van der Waals surface area contributed by atoms with Gasteiger partial charge < -0.3 is 9.88 Å². The molecule has 3 rings (SSSR count). The number of aromatic nitrogens is 1. The first kappa shape index (κ1) is 13.2. The van der Waals surface area contributed by atoms with Crippen LogP contribution in [0.4, 0.5) is 0 Å². The van der Waals surface area contributed by atoms with E-state index in [2.05, 4.69) is 37.0 Å². The van der Waals surface area contributed by atoms with Crippen molar-refractivity contribution in [3.63, 3.8) is 0 Å². The summed E-state index contributed by atoms with van der Waals surface area (Å²) in [5.41, 5.74) is 3.68. The standard InChI is InChI=1S/C17H22N2O/c1-3-19(4-2)17(20)13-9-7-11-15-16(13)12-8-5-6-10-14(12)18-15/h5-6,8,10,13,18H,3-4,7,9,11H2,1-2H3. The number of H-pyrrole nitrogens is 1. The molecule has 1 amide bonds. The lowest BCUT2D eigenvalue weighted by atomic mass is 9.84. The van der Waals surface area contributed by atoms with E-state index < -0.39 is 0 Å². The molecule has 1 aliphatic carbocycles. The molecule has 1 N–H and O–H groups in total. The van der Waals surface area contributed by atoms with Crippen molar-refractivity contribution in [2.45, 2.75) is 39.0 Å². The van der Waals surface area contributed by atoms with Crippen LogP contribution in [0.25, 0.3) is 10.9 Å². The summed E-state index contributed by atoms with van der Waals surface area (Å²) in [6.07, 6.45) is 3.13. The molecule has 3 heteroatoms. The highest BCUT2D eigenvalue weighted by Crippen LogP contribution is 2.38. The van der Waals surface area contributed by atoms with E-state index in [1.165, 1.54) is 16.6 Å². The van der Waals surface area contributed by atoms with Gasteiger partial charge in [0.05, 0.1) is 5.92 Å². The largest absolute Gasteiger partial charge is 0.358 e. The number of amides is 1. The van der Waals surface area contributed by atoms with Crippen LogP contribution >= 0.6 is 0 Å². The van der Waals surface area contributed by atoms with E-state index in [4.69, 9.17) is 0 Å². The molecule has 0 bridgehead atoms. The van der Waals surface area contributed by atoms with Crippen LogP contribution in [0.15, 0.2) is 24.3 Å². The van der Waals surface area contributed by atoms with Gasteiger partial charge in [0.2, 0.25) is 5.91 Å². The second kappa shape index (κ2) is 5.31. The Morgan fingerprint density at radius 1 is 1.30 bits per heavy atom. The van der Waals surface area contributed by atoms with Gasteiger partial charge in [-0.1, -0.05) is 18.2 Å². The van der Waals surface area contributed by atoms with Crippen molar-refractivity contribution in [3.05, 3.63) is 35.5 Å². The Hall–Kier alpha value is -1.77. The van der Waals surface area contributed by atoms with Crippen LogP contribution in [0.5, 0.6) is 0 Å². The van der Waals surface area contributed by atoms with Crippen LogP contribution in [0.3, 0.4) is 0 Å². The maximum atomic E-state index is 12.8. The van der Waals surface area contributed by atoms with E-state index in [9.17, 15) is 4.79 Å². The summed E-state index contributed by atoms with van der Waals surface area (Å²) in [7, 11) is 0. The summed E-state index contributed by atoms with van der Waals surface area (Å²) in [6.45, 7) is 5.70. The Kier molecular flexibility index (Phi) is 3.51. The maximum absolute atomic E-state index is 12.8. The van der Waals surface area contributed by atoms with E-state index in [1.807, 2.05) is 11.0 Å². The average molecular weight is 270 g/mol. The topological polar surface area (TPSA) is 36.1 Å². The quantitative estimate of drug-likeness (QED) is 0.911. The second-order valence-corrected chi connectivity index (χ2v) is 5.52. The lowest BCUT2D eigenvalue weighted by molar-refractivity contribution is -0.132. The first-order valence-corrected chi connectivity index (χ1v) is 7.64. The molecule has 1 aromatic heterocycles. The number of aromatic amines is 1. The third-order valence-electron chi connectivity index (χ3n) is 4.47. The van der Waals surface area contributed by atoms with Gasteiger partial charge in [-0.3, -0.25) is 4.79 Å². The fourth-order valence-corrected chi connectivity index (χ4v) is 3.44. The van der Waals surface area contributed by atoms with Gasteiger partial charge in [0.25, 0.3) is 0 Å². The number of hydrogen-bond acceptors (Lipinski definition) is 1. The van der Waals surface area contributed by atoms with Crippen molar-refractivity contribution in [2.75, 3.05) is 13.1 Å². The van der Waals surface area contributed by atoms with Crippen LogP contribution in [0, 0.1) is 0 Å². The van der Waals surface area contributed by atoms with E-state index in [1.54, 1.807) is 0 Å². The molecule has 1 unspecified atom stereocenters. The van der Waals surface area contributed by atoms with Gasteiger partial charge in [0.1, 0.15) is 0 Å². The molecule has 1 heterocycles. The van der Waals surface area contributed by atoms with Gasteiger partial charge in [0.15, 0.2) is 0 Å². The Labute approximate surface area is 120 Å². The predicted octanol–water partition coefficient (Wildman–Crippen LogP) is 3.46. The smallest absolute Gasteiger partial charge is 0.230 e. The van der Waals surface area contributed by atoms with Crippen LogP contribution in [-0.2, 0) is 11.2 Å². The number of benzene rings is 1. The monoisotopic (exact) mass is 270 g/mol. The molecule has 0 saturated carbocycles. The van der Waals surface area contributed by atoms with Crippen molar-refractivity contribution in [2.24, 2.45) is 0 Å². The molecule has 20 heavy (non-hydrogen) atoms. The van der Waals surface area contributed by atoms with Gasteiger partial charge in [-0.05, 0) is 44.7 Å². The molecule has 3 nitrogen and oxygen atoms in total. The maximum Gasteiger partial charge on any atom is 0.230 e. The minimum Gasteiger partial charge on any atom is -0.358 e. The van der Waals surface area contributed by atoms with Crippen LogP contribution < -0.4 is 0 Å². The average Bonchev–Trinajstić information content (AvgIpc) is 2.86.